The number of carbonyl (C=O) groups is 1. The van der Waals surface area contributed by atoms with Crippen molar-refractivity contribution in [2.75, 3.05) is 5.32 Å². The molecule has 1 heterocycles. The molecule has 1 aromatic heterocycles. The Kier molecular flexibility index (Phi) is 3.71. The first-order chi connectivity index (χ1) is 6.50. The molecule has 1 aromatic rings. The number of halogens is 2. The van der Waals surface area contributed by atoms with Crippen LogP contribution in [0.5, 0.6) is 0 Å². The van der Waals surface area contributed by atoms with Gasteiger partial charge in [-0.3, -0.25) is 4.79 Å². The van der Waals surface area contributed by atoms with Crippen LogP contribution >= 0.6 is 27.5 Å². The van der Waals surface area contributed by atoms with E-state index in [0.717, 1.165) is 0 Å². The van der Waals surface area contributed by atoms with E-state index in [1.54, 1.807) is 6.07 Å². The standard InChI is InChI=1S/C8H8BrClN2O2/c1-4(8(13)14)12-7-6(9)2-5(10)3-11-7/h2-4H,1H3,(H,11,12)(H,13,14)/t4-/m1/s1. The second-order valence-electron chi connectivity index (χ2n) is 2.69. The number of aliphatic carboxylic acids is 1. The molecular formula is C8H8BrClN2O2. The summed E-state index contributed by atoms with van der Waals surface area (Å²) in [6.07, 6.45) is 1.45. The predicted octanol–water partition coefficient (Wildman–Crippen LogP) is 2.38. The van der Waals surface area contributed by atoms with E-state index in [-0.39, 0.29) is 0 Å². The molecule has 0 saturated heterocycles. The van der Waals surface area contributed by atoms with Gasteiger partial charge in [0.05, 0.1) is 9.50 Å². The monoisotopic (exact) mass is 278 g/mol. The van der Waals surface area contributed by atoms with Crippen molar-refractivity contribution in [3.05, 3.63) is 21.8 Å². The van der Waals surface area contributed by atoms with Gasteiger partial charge in [-0.15, -0.1) is 0 Å². The van der Waals surface area contributed by atoms with Gasteiger partial charge in [0.2, 0.25) is 0 Å². The highest BCUT2D eigenvalue weighted by molar-refractivity contribution is 9.10. The number of rotatable bonds is 3. The van der Waals surface area contributed by atoms with Gasteiger partial charge in [0, 0.05) is 6.20 Å². The van der Waals surface area contributed by atoms with Crippen LogP contribution in [0, 0.1) is 0 Å². The first-order valence-corrected chi connectivity index (χ1v) is 4.98. The van der Waals surface area contributed by atoms with E-state index in [2.05, 4.69) is 26.2 Å². The first kappa shape index (κ1) is 11.3. The highest BCUT2D eigenvalue weighted by Gasteiger charge is 2.12. The van der Waals surface area contributed by atoms with Crippen LogP contribution in [0.15, 0.2) is 16.7 Å². The maximum Gasteiger partial charge on any atom is 0.325 e. The second kappa shape index (κ2) is 4.61. The zero-order valence-corrected chi connectivity index (χ0v) is 9.63. The number of hydrogen-bond acceptors (Lipinski definition) is 3. The van der Waals surface area contributed by atoms with Crippen molar-refractivity contribution in [3.63, 3.8) is 0 Å². The summed E-state index contributed by atoms with van der Waals surface area (Å²) < 4.78 is 0.637. The molecule has 0 bridgehead atoms. The summed E-state index contributed by atoms with van der Waals surface area (Å²) in [5.74, 6) is -0.474. The molecule has 0 radical (unpaired) electrons. The minimum absolute atomic E-state index is 0.462. The van der Waals surface area contributed by atoms with Crippen LogP contribution in [0.3, 0.4) is 0 Å². The highest BCUT2D eigenvalue weighted by Crippen LogP contribution is 2.23. The van der Waals surface area contributed by atoms with Crippen molar-refractivity contribution in [1.29, 1.82) is 0 Å². The molecule has 0 aliphatic heterocycles. The Morgan fingerprint density at radius 1 is 1.79 bits per heavy atom. The Labute approximate surface area is 94.4 Å². The molecule has 1 rings (SSSR count). The van der Waals surface area contributed by atoms with E-state index in [1.165, 1.54) is 13.1 Å². The Balaban J connectivity index is 2.82. The Bertz CT molecular complexity index is 359. The third-order valence-corrected chi connectivity index (χ3v) is 2.34. The minimum atomic E-state index is -0.936. The summed E-state index contributed by atoms with van der Waals surface area (Å²) in [6, 6.07) is 0.950. The van der Waals surface area contributed by atoms with Crippen molar-refractivity contribution >= 4 is 39.3 Å². The molecule has 0 aliphatic carbocycles. The summed E-state index contributed by atoms with van der Waals surface area (Å²) in [5, 5.41) is 11.9. The summed E-state index contributed by atoms with van der Waals surface area (Å²) in [4.78, 5) is 14.5. The van der Waals surface area contributed by atoms with Crippen LogP contribution in [0.4, 0.5) is 5.82 Å². The largest absolute Gasteiger partial charge is 0.480 e. The van der Waals surface area contributed by atoms with Gasteiger partial charge in [0.15, 0.2) is 0 Å². The SMILES string of the molecule is C[C@@H](Nc1ncc(Cl)cc1Br)C(=O)O. The van der Waals surface area contributed by atoms with Gasteiger partial charge < -0.3 is 10.4 Å². The van der Waals surface area contributed by atoms with Crippen molar-refractivity contribution in [2.24, 2.45) is 0 Å². The molecular weight excluding hydrogens is 271 g/mol. The fourth-order valence-electron chi connectivity index (χ4n) is 0.788. The van der Waals surface area contributed by atoms with Gasteiger partial charge in [-0.1, -0.05) is 11.6 Å². The molecule has 0 aliphatic rings. The van der Waals surface area contributed by atoms with Crippen molar-refractivity contribution in [3.8, 4) is 0 Å². The van der Waals surface area contributed by atoms with Crippen LogP contribution in [0.2, 0.25) is 5.02 Å². The number of anilines is 1. The van der Waals surface area contributed by atoms with E-state index >= 15 is 0 Å². The molecule has 14 heavy (non-hydrogen) atoms. The zero-order chi connectivity index (χ0) is 10.7. The predicted molar refractivity (Wildman–Crippen MR) is 57.7 cm³/mol. The van der Waals surface area contributed by atoms with E-state index < -0.39 is 12.0 Å². The molecule has 2 N–H and O–H groups in total. The molecule has 0 amide bonds. The first-order valence-electron chi connectivity index (χ1n) is 3.81. The summed E-state index contributed by atoms with van der Waals surface area (Å²) in [5.41, 5.74) is 0. The average Bonchev–Trinajstić information content (AvgIpc) is 2.09. The maximum atomic E-state index is 10.6. The maximum absolute atomic E-state index is 10.6. The van der Waals surface area contributed by atoms with Crippen LogP contribution in [-0.4, -0.2) is 22.1 Å². The van der Waals surface area contributed by atoms with E-state index in [9.17, 15) is 4.79 Å². The van der Waals surface area contributed by atoms with E-state index in [1.807, 2.05) is 0 Å². The van der Waals surface area contributed by atoms with Gasteiger partial charge in [0.1, 0.15) is 11.9 Å². The topological polar surface area (TPSA) is 62.2 Å². The lowest BCUT2D eigenvalue weighted by atomic mass is 10.3. The lowest BCUT2D eigenvalue weighted by molar-refractivity contribution is -0.137. The van der Waals surface area contributed by atoms with E-state index in [4.69, 9.17) is 16.7 Å². The number of carboxylic acid groups (broad SMARTS) is 1. The number of aromatic nitrogens is 1. The van der Waals surface area contributed by atoms with Gasteiger partial charge in [-0.05, 0) is 28.9 Å². The fraction of sp³-hybridized carbons (Fsp3) is 0.250. The van der Waals surface area contributed by atoms with Crippen LogP contribution in [-0.2, 0) is 4.79 Å². The minimum Gasteiger partial charge on any atom is -0.480 e. The summed E-state index contributed by atoms with van der Waals surface area (Å²) in [7, 11) is 0. The number of carboxylic acids is 1. The molecule has 4 nitrogen and oxygen atoms in total. The van der Waals surface area contributed by atoms with Crippen LogP contribution in [0.1, 0.15) is 6.92 Å². The number of nitrogens with one attached hydrogen (secondary N) is 1. The van der Waals surface area contributed by atoms with Gasteiger partial charge in [-0.25, -0.2) is 4.98 Å². The summed E-state index contributed by atoms with van der Waals surface area (Å²) in [6.45, 7) is 1.53. The quantitative estimate of drug-likeness (QED) is 0.892. The average molecular weight is 280 g/mol. The zero-order valence-electron chi connectivity index (χ0n) is 7.29. The molecule has 6 heteroatoms. The molecule has 0 aromatic carbocycles. The smallest absolute Gasteiger partial charge is 0.325 e. The second-order valence-corrected chi connectivity index (χ2v) is 3.98. The molecule has 0 unspecified atom stereocenters. The Hall–Kier alpha value is -0.810. The van der Waals surface area contributed by atoms with Crippen LogP contribution < -0.4 is 5.32 Å². The van der Waals surface area contributed by atoms with E-state index in [0.29, 0.717) is 15.3 Å². The molecule has 76 valence electrons. The third kappa shape index (κ3) is 2.85. The fourth-order valence-corrected chi connectivity index (χ4v) is 1.54. The number of pyridine rings is 1. The Morgan fingerprint density at radius 2 is 2.43 bits per heavy atom. The highest BCUT2D eigenvalue weighted by atomic mass is 79.9. The molecule has 0 spiro atoms. The van der Waals surface area contributed by atoms with Gasteiger partial charge in [-0.2, -0.15) is 0 Å². The summed E-state index contributed by atoms with van der Waals surface area (Å²) >= 11 is 8.90. The normalized spacial score (nSPS) is 12.2. The lowest BCUT2D eigenvalue weighted by Crippen LogP contribution is -2.26. The van der Waals surface area contributed by atoms with Gasteiger partial charge >= 0.3 is 5.97 Å². The van der Waals surface area contributed by atoms with Crippen molar-refractivity contribution in [2.45, 2.75) is 13.0 Å². The Morgan fingerprint density at radius 3 is 2.93 bits per heavy atom. The van der Waals surface area contributed by atoms with Crippen LogP contribution in [0.25, 0.3) is 0 Å². The third-order valence-electron chi connectivity index (χ3n) is 1.53. The number of hydrogen-bond donors (Lipinski definition) is 2. The van der Waals surface area contributed by atoms with Crippen molar-refractivity contribution < 1.29 is 9.90 Å². The number of nitrogens with zero attached hydrogens (tertiary/aromatic N) is 1. The lowest BCUT2D eigenvalue weighted by Gasteiger charge is -2.10. The van der Waals surface area contributed by atoms with Gasteiger partial charge in [0.25, 0.3) is 0 Å². The molecule has 1 atom stereocenters. The molecule has 0 saturated carbocycles. The van der Waals surface area contributed by atoms with Crippen molar-refractivity contribution in [1.82, 2.24) is 4.98 Å². The molecule has 0 fully saturated rings.